The number of piperazine rings is 1. The van der Waals surface area contributed by atoms with E-state index in [9.17, 15) is 4.79 Å². The second-order valence-corrected chi connectivity index (χ2v) is 5.75. The predicted octanol–water partition coefficient (Wildman–Crippen LogP) is 2.55. The highest BCUT2D eigenvalue weighted by atomic mass is 35.5. The van der Waals surface area contributed by atoms with E-state index in [1.54, 1.807) is 12.1 Å². The summed E-state index contributed by atoms with van der Waals surface area (Å²) in [5.74, 6) is 0.175. The number of benzene rings is 1. The molecule has 1 fully saturated rings. The monoisotopic (exact) mass is 280 g/mol. The molecule has 1 unspecified atom stereocenters. The third-order valence-corrected chi connectivity index (χ3v) is 4.08. The zero-order chi connectivity index (χ0) is 13.8. The molecule has 104 valence electrons. The van der Waals surface area contributed by atoms with E-state index in [2.05, 4.69) is 23.8 Å². The minimum Gasteiger partial charge on any atom is -0.301 e. The van der Waals surface area contributed by atoms with Gasteiger partial charge in [-0.1, -0.05) is 23.7 Å². The van der Waals surface area contributed by atoms with Crippen molar-refractivity contribution in [2.24, 2.45) is 0 Å². The summed E-state index contributed by atoms with van der Waals surface area (Å²) in [6.07, 6.45) is 0.566. The van der Waals surface area contributed by atoms with Crippen LogP contribution in [0.25, 0.3) is 0 Å². The summed E-state index contributed by atoms with van der Waals surface area (Å²) in [6.45, 7) is 6.23. The van der Waals surface area contributed by atoms with E-state index in [1.165, 1.54) is 0 Å². The molecule has 1 aromatic carbocycles. The number of halogens is 1. The zero-order valence-electron chi connectivity index (χ0n) is 11.6. The molecule has 1 atom stereocenters. The molecular formula is C15H21ClN2O. The normalized spacial score (nSPS) is 21.5. The first-order valence-corrected chi connectivity index (χ1v) is 7.15. The Hall–Kier alpha value is -0.900. The van der Waals surface area contributed by atoms with Gasteiger partial charge in [0.05, 0.1) is 0 Å². The SMILES string of the molecule is CC1CN(CCC(=O)c2cccc(Cl)c2)CCN1C. The Labute approximate surface area is 120 Å². The molecule has 0 aromatic heterocycles. The molecule has 0 N–H and O–H groups in total. The highest BCUT2D eigenvalue weighted by Crippen LogP contribution is 2.13. The first-order chi connectivity index (χ1) is 9.06. The van der Waals surface area contributed by atoms with Gasteiger partial charge in [-0.25, -0.2) is 0 Å². The maximum absolute atomic E-state index is 12.1. The Kier molecular flexibility index (Phi) is 4.97. The fourth-order valence-electron chi connectivity index (χ4n) is 2.39. The van der Waals surface area contributed by atoms with E-state index in [-0.39, 0.29) is 5.78 Å². The van der Waals surface area contributed by atoms with Crippen LogP contribution in [0.15, 0.2) is 24.3 Å². The Morgan fingerprint density at radius 3 is 2.89 bits per heavy atom. The van der Waals surface area contributed by atoms with Crippen molar-refractivity contribution >= 4 is 17.4 Å². The van der Waals surface area contributed by atoms with Crippen LogP contribution in [0.4, 0.5) is 0 Å². The number of carbonyl (C=O) groups excluding carboxylic acids is 1. The molecule has 0 saturated carbocycles. The fraction of sp³-hybridized carbons (Fsp3) is 0.533. The summed E-state index contributed by atoms with van der Waals surface area (Å²) in [6, 6.07) is 7.76. The van der Waals surface area contributed by atoms with Crippen LogP contribution in [0.2, 0.25) is 5.02 Å². The molecule has 1 aliphatic heterocycles. The van der Waals surface area contributed by atoms with Crippen molar-refractivity contribution in [1.29, 1.82) is 0 Å². The van der Waals surface area contributed by atoms with Gasteiger partial charge in [-0.3, -0.25) is 4.79 Å². The van der Waals surface area contributed by atoms with Crippen molar-refractivity contribution in [2.45, 2.75) is 19.4 Å². The second kappa shape index (κ2) is 6.51. The molecule has 1 heterocycles. The first kappa shape index (κ1) is 14.5. The van der Waals surface area contributed by atoms with Crippen LogP contribution < -0.4 is 0 Å². The molecule has 1 aromatic rings. The predicted molar refractivity (Wildman–Crippen MR) is 78.9 cm³/mol. The molecule has 0 bridgehead atoms. The highest BCUT2D eigenvalue weighted by Gasteiger charge is 2.20. The van der Waals surface area contributed by atoms with Crippen molar-refractivity contribution in [3.05, 3.63) is 34.9 Å². The molecule has 19 heavy (non-hydrogen) atoms. The molecule has 0 spiro atoms. The van der Waals surface area contributed by atoms with Gasteiger partial charge in [0.2, 0.25) is 0 Å². The maximum atomic E-state index is 12.1. The van der Waals surface area contributed by atoms with Gasteiger partial charge in [-0.15, -0.1) is 0 Å². The van der Waals surface area contributed by atoms with Gasteiger partial charge in [0, 0.05) is 49.2 Å². The summed E-state index contributed by atoms with van der Waals surface area (Å²) in [5.41, 5.74) is 0.717. The van der Waals surface area contributed by atoms with E-state index in [4.69, 9.17) is 11.6 Å². The minimum atomic E-state index is 0.175. The summed E-state index contributed by atoms with van der Waals surface area (Å²) >= 11 is 5.90. The molecule has 0 radical (unpaired) electrons. The van der Waals surface area contributed by atoms with E-state index in [0.29, 0.717) is 17.5 Å². The Bertz CT molecular complexity index is 450. The lowest BCUT2D eigenvalue weighted by atomic mass is 10.1. The molecule has 2 rings (SSSR count). The summed E-state index contributed by atoms with van der Waals surface area (Å²) in [5, 5.41) is 0.624. The summed E-state index contributed by atoms with van der Waals surface area (Å²) in [7, 11) is 2.15. The molecule has 1 saturated heterocycles. The molecule has 0 aliphatic carbocycles. The summed E-state index contributed by atoms with van der Waals surface area (Å²) in [4.78, 5) is 16.8. The lowest BCUT2D eigenvalue weighted by molar-refractivity contribution is 0.0873. The van der Waals surface area contributed by atoms with Gasteiger partial charge in [0.15, 0.2) is 5.78 Å². The smallest absolute Gasteiger partial charge is 0.164 e. The zero-order valence-corrected chi connectivity index (χ0v) is 12.4. The number of carbonyl (C=O) groups is 1. The van der Waals surface area contributed by atoms with Crippen molar-refractivity contribution < 1.29 is 4.79 Å². The lowest BCUT2D eigenvalue weighted by Crippen LogP contribution is -2.50. The van der Waals surface area contributed by atoms with Gasteiger partial charge < -0.3 is 9.80 Å². The van der Waals surface area contributed by atoms with E-state index < -0.39 is 0 Å². The standard InChI is InChI=1S/C15H21ClN2O/c1-12-11-18(9-8-17(12)2)7-6-15(19)13-4-3-5-14(16)10-13/h3-5,10,12H,6-9,11H2,1-2H3. The Balaban J connectivity index is 1.84. The van der Waals surface area contributed by atoms with Crippen molar-refractivity contribution in [2.75, 3.05) is 33.2 Å². The largest absolute Gasteiger partial charge is 0.301 e. The maximum Gasteiger partial charge on any atom is 0.164 e. The van der Waals surface area contributed by atoms with Crippen LogP contribution in [-0.4, -0.2) is 54.9 Å². The molecule has 0 amide bonds. The molecule has 4 heteroatoms. The average molecular weight is 281 g/mol. The molecule has 3 nitrogen and oxygen atoms in total. The summed E-state index contributed by atoms with van der Waals surface area (Å²) < 4.78 is 0. The topological polar surface area (TPSA) is 23.6 Å². The van der Waals surface area contributed by atoms with E-state index in [0.717, 1.165) is 31.7 Å². The number of hydrogen-bond donors (Lipinski definition) is 0. The molecule has 1 aliphatic rings. The van der Waals surface area contributed by atoms with Crippen molar-refractivity contribution in [1.82, 2.24) is 9.80 Å². The number of Topliss-reactive ketones (excluding diaryl/α,β-unsaturated/α-hetero) is 1. The van der Waals surface area contributed by atoms with Gasteiger partial charge in [-0.05, 0) is 26.1 Å². The number of ketones is 1. The third-order valence-electron chi connectivity index (χ3n) is 3.85. The van der Waals surface area contributed by atoms with Crippen molar-refractivity contribution in [3.8, 4) is 0 Å². The van der Waals surface area contributed by atoms with E-state index >= 15 is 0 Å². The van der Waals surface area contributed by atoms with Crippen LogP contribution in [0.5, 0.6) is 0 Å². The lowest BCUT2D eigenvalue weighted by Gasteiger charge is -2.37. The van der Waals surface area contributed by atoms with Crippen LogP contribution in [0.3, 0.4) is 0 Å². The van der Waals surface area contributed by atoms with Crippen LogP contribution in [-0.2, 0) is 0 Å². The van der Waals surface area contributed by atoms with Gasteiger partial charge in [0.1, 0.15) is 0 Å². The van der Waals surface area contributed by atoms with Crippen LogP contribution in [0.1, 0.15) is 23.7 Å². The Morgan fingerprint density at radius 2 is 2.21 bits per heavy atom. The van der Waals surface area contributed by atoms with E-state index in [1.807, 2.05) is 12.1 Å². The quantitative estimate of drug-likeness (QED) is 0.792. The molecular weight excluding hydrogens is 260 g/mol. The van der Waals surface area contributed by atoms with Gasteiger partial charge in [0.25, 0.3) is 0 Å². The van der Waals surface area contributed by atoms with Crippen LogP contribution in [0, 0.1) is 0 Å². The van der Waals surface area contributed by atoms with Crippen molar-refractivity contribution in [3.63, 3.8) is 0 Å². The fourth-order valence-corrected chi connectivity index (χ4v) is 2.58. The number of rotatable bonds is 4. The first-order valence-electron chi connectivity index (χ1n) is 6.77. The van der Waals surface area contributed by atoms with Gasteiger partial charge in [-0.2, -0.15) is 0 Å². The average Bonchev–Trinajstić information content (AvgIpc) is 2.40. The third kappa shape index (κ3) is 4.03. The Morgan fingerprint density at radius 1 is 1.42 bits per heavy atom. The number of nitrogens with zero attached hydrogens (tertiary/aromatic N) is 2. The number of hydrogen-bond acceptors (Lipinski definition) is 3. The number of likely N-dealkylation sites (N-methyl/N-ethyl adjacent to an activating group) is 1. The second-order valence-electron chi connectivity index (χ2n) is 5.31. The minimum absolute atomic E-state index is 0.175. The van der Waals surface area contributed by atoms with Gasteiger partial charge >= 0.3 is 0 Å². The van der Waals surface area contributed by atoms with Crippen LogP contribution >= 0.6 is 11.6 Å². The highest BCUT2D eigenvalue weighted by molar-refractivity contribution is 6.31.